The third-order valence-electron chi connectivity index (χ3n) is 5.61. The summed E-state index contributed by atoms with van der Waals surface area (Å²) in [5, 5.41) is 7.26. The predicted octanol–water partition coefficient (Wildman–Crippen LogP) is 3.88. The van der Waals surface area contributed by atoms with Crippen LogP contribution in [0.3, 0.4) is 0 Å². The lowest BCUT2D eigenvalue weighted by Crippen LogP contribution is -2.44. The van der Waals surface area contributed by atoms with E-state index in [1.54, 1.807) is 13.3 Å². The molecule has 1 aromatic heterocycles. The van der Waals surface area contributed by atoms with Crippen molar-refractivity contribution >= 4 is 47.3 Å². The van der Waals surface area contributed by atoms with Crippen LogP contribution in [0.25, 0.3) is 0 Å². The first-order valence-corrected chi connectivity index (χ1v) is 13.8. The topological polar surface area (TPSA) is 86.3 Å². The lowest BCUT2D eigenvalue weighted by molar-refractivity contribution is 0.313. The van der Waals surface area contributed by atoms with Gasteiger partial charge in [0.25, 0.3) is 0 Å². The Bertz CT molecular complexity index is 1130. The van der Waals surface area contributed by atoms with Gasteiger partial charge < -0.3 is 25.0 Å². The lowest BCUT2D eigenvalue weighted by atomic mass is 10.2. The molecule has 8 nitrogen and oxygen atoms in total. The highest BCUT2D eigenvalue weighted by Gasteiger charge is 2.14. The van der Waals surface area contributed by atoms with Crippen LogP contribution in [0.5, 0.6) is 0 Å². The van der Waals surface area contributed by atoms with Gasteiger partial charge in [0.15, 0.2) is 0 Å². The highest BCUT2D eigenvalue weighted by molar-refractivity contribution is 7.70. The molecule has 0 spiro atoms. The van der Waals surface area contributed by atoms with Gasteiger partial charge >= 0.3 is 0 Å². The quantitative estimate of drug-likeness (QED) is 0.488. The van der Waals surface area contributed by atoms with Gasteiger partial charge in [-0.15, -0.1) is 0 Å². The van der Waals surface area contributed by atoms with Crippen LogP contribution in [0, 0.1) is 0 Å². The Morgan fingerprint density at radius 2 is 1.55 bits per heavy atom. The standard InChI is InChI=1S/C23H29ClN7OP/c1-30-12-14-31(15-13-30)19-8-4-17(5-9-19)16-25-22-27-21(24)28-23(29-22)26-18-6-10-20(11-7-18)33(2,3)32/h4-11H,12-16H2,1-3H3,(H2,25,26,27,28,29). The second-order valence-electron chi connectivity index (χ2n) is 8.58. The van der Waals surface area contributed by atoms with E-state index in [2.05, 4.69) is 66.7 Å². The minimum absolute atomic E-state index is 0.101. The molecule has 0 saturated carbocycles. The van der Waals surface area contributed by atoms with Crippen molar-refractivity contribution in [2.24, 2.45) is 0 Å². The van der Waals surface area contributed by atoms with Crippen molar-refractivity contribution in [3.05, 3.63) is 59.4 Å². The normalized spacial score (nSPS) is 14.8. The molecule has 0 atom stereocenters. The maximum Gasteiger partial charge on any atom is 0.233 e. The van der Waals surface area contributed by atoms with Crippen molar-refractivity contribution in [1.29, 1.82) is 0 Å². The van der Waals surface area contributed by atoms with Gasteiger partial charge in [0.05, 0.1) is 0 Å². The first-order valence-electron chi connectivity index (χ1n) is 10.9. The zero-order chi connectivity index (χ0) is 23.4. The number of nitrogens with one attached hydrogen (secondary N) is 2. The highest BCUT2D eigenvalue weighted by Crippen LogP contribution is 2.34. The second-order valence-corrected chi connectivity index (χ2v) is 12.1. The minimum Gasteiger partial charge on any atom is -0.369 e. The van der Waals surface area contributed by atoms with Crippen molar-refractivity contribution in [3.63, 3.8) is 0 Å². The van der Waals surface area contributed by atoms with E-state index in [1.807, 2.05) is 24.3 Å². The Hall–Kier alpha value is -2.67. The van der Waals surface area contributed by atoms with Crippen molar-refractivity contribution in [2.45, 2.75) is 6.54 Å². The zero-order valence-electron chi connectivity index (χ0n) is 19.1. The molecule has 2 heterocycles. The molecule has 1 saturated heterocycles. The Morgan fingerprint density at radius 1 is 0.909 bits per heavy atom. The van der Waals surface area contributed by atoms with E-state index in [4.69, 9.17) is 11.6 Å². The number of piperazine rings is 1. The third-order valence-corrected chi connectivity index (χ3v) is 7.32. The average molecular weight is 486 g/mol. The molecule has 0 aliphatic carbocycles. The average Bonchev–Trinajstić information content (AvgIpc) is 2.78. The first-order chi connectivity index (χ1) is 15.8. The van der Waals surface area contributed by atoms with E-state index in [0.717, 1.165) is 42.7 Å². The predicted molar refractivity (Wildman–Crippen MR) is 137 cm³/mol. The molecule has 33 heavy (non-hydrogen) atoms. The summed E-state index contributed by atoms with van der Waals surface area (Å²) in [4.78, 5) is 17.5. The van der Waals surface area contributed by atoms with Crippen molar-refractivity contribution < 1.29 is 4.57 Å². The summed E-state index contributed by atoms with van der Waals surface area (Å²) < 4.78 is 12.2. The second kappa shape index (κ2) is 10.1. The molecule has 0 amide bonds. The third kappa shape index (κ3) is 6.44. The Balaban J connectivity index is 1.37. The fraction of sp³-hybridized carbons (Fsp3) is 0.348. The number of halogens is 1. The van der Waals surface area contributed by atoms with Crippen molar-refractivity contribution in [1.82, 2.24) is 19.9 Å². The molecular weight excluding hydrogens is 457 g/mol. The van der Waals surface area contributed by atoms with Gasteiger partial charge in [0, 0.05) is 49.4 Å². The van der Waals surface area contributed by atoms with Gasteiger partial charge in [-0.2, -0.15) is 15.0 Å². The highest BCUT2D eigenvalue weighted by atomic mass is 35.5. The molecular formula is C23H29ClN7OP. The van der Waals surface area contributed by atoms with Crippen LogP contribution in [0.4, 0.5) is 23.3 Å². The van der Waals surface area contributed by atoms with Crippen LogP contribution >= 0.6 is 18.7 Å². The molecule has 174 valence electrons. The smallest absolute Gasteiger partial charge is 0.233 e. The Morgan fingerprint density at radius 3 is 2.18 bits per heavy atom. The van der Waals surface area contributed by atoms with Gasteiger partial charge in [-0.3, -0.25) is 0 Å². The van der Waals surface area contributed by atoms with Crippen LogP contribution in [0.2, 0.25) is 5.28 Å². The van der Waals surface area contributed by atoms with Crippen LogP contribution in [0.1, 0.15) is 5.56 Å². The zero-order valence-corrected chi connectivity index (χ0v) is 20.8. The molecule has 1 fully saturated rings. The molecule has 10 heteroatoms. The number of nitrogens with zero attached hydrogens (tertiary/aromatic N) is 5. The molecule has 2 aromatic carbocycles. The fourth-order valence-corrected chi connectivity index (χ4v) is 4.62. The Labute approximate surface area is 199 Å². The number of aromatic nitrogens is 3. The van der Waals surface area contributed by atoms with Gasteiger partial charge in [0.2, 0.25) is 17.2 Å². The molecule has 2 N–H and O–H groups in total. The van der Waals surface area contributed by atoms with E-state index in [0.29, 0.717) is 18.4 Å². The number of rotatable bonds is 7. The summed E-state index contributed by atoms with van der Waals surface area (Å²) in [6.45, 7) is 8.33. The Kier molecular flexibility index (Phi) is 7.17. The van der Waals surface area contributed by atoms with E-state index < -0.39 is 7.14 Å². The van der Waals surface area contributed by atoms with Crippen molar-refractivity contribution in [3.8, 4) is 0 Å². The fourth-order valence-electron chi connectivity index (χ4n) is 3.59. The first kappa shape index (κ1) is 23.5. The molecule has 0 bridgehead atoms. The summed E-state index contributed by atoms with van der Waals surface area (Å²) in [7, 11) is -0.134. The molecule has 1 aliphatic rings. The summed E-state index contributed by atoms with van der Waals surface area (Å²) in [5.41, 5.74) is 3.15. The van der Waals surface area contributed by atoms with E-state index in [-0.39, 0.29) is 5.28 Å². The number of hydrogen-bond donors (Lipinski definition) is 2. The maximum atomic E-state index is 12.2. The summed E-state index contributed by atoms with van der Waals surface area (Å²) in [6.07, 6.45) is 0. The van der Waals surface area contributed by atoms with Crippen LogP contribution < -0.4 is 20.8 Å². The summed E-state index contributed by atoms with van der Waals surface area (Å²) in [5.74, 6) is 0.732. The number of benzene rings is 2. The summed E-state index contributed by atoms with van der Waals surface area (Å²) in [6, 6.07) is 15.9. The maximum absolute atomic E-state index is 12.2. The summed E-state index contributed by atoms with van der Waals surface area (Å²) >= 11 is 6.11. The van der Waals surface area contributed by atoms with Crippen LogP contribution in [-0.4, -0.2) is 66.4 Å². The minimum atomic E-state index is -2.29. The van der Waals surface area contributed by atoms with Gasteiger partial charge in [-0.1, -0.05) is 12.1 Å². The SMILES string of the molecule is CN1CCN(c2ccc(CNc3nc(Cl)nc(Nc4ccc(P(C)(C)=O)cc4)n3)cc2)CC1. The number of likely N-dealkylation sites (N-methyl/N-ethyl adjacent to an activating group) is 1. The molecule has 1 aliphatic heterocycles. The molecule has 4 rings (SSSR count). The molecule has 0 unspecified atom stereocenters. The van der Waals surface area contributed by atoms with E-state index in [9.17, 15) is 4.57 Å². The van der Waals surface area contributed by atoms with Gasteiger partial charge in [-0.05, 0) is 73.9 Å². The van der Waals surface area contributed by atoms with E-state index >= 15 is 0 Å². The monoisotopic (exact) mass is 485 g/mol. The van der Waals surface area contributed by atoms with Crippen LogP contribution in [0.15, 0.2) is 48.5 Å². The number of anilines is 4. The lowest BCUT2D eigenvalue weighted by Gasteiger charge is -2.34. The van der Waals surface area contributed by atoms with E-state index in [1.165, 1.54) is 5.69 Å². The largest absolute Gasteiger partial charge is 0.369 e. The molecule has 3 aromatic rings. The van der Waals surface area contributed by atoms with Gasteiger partial charge in [-0.25, -0.2) is 0 Å². The molecule has 0 radical (unpaired) electrons. The van der Waals surface area contributed by atoms with Crippen LogP contribution in [-0.2, 0) is 11.1 Å². The van der Waals surface area contributed by atoms with Crippen molar-refractivity contribution in [2.75, 3.05) is 62.1 Å². The van der Waals surface area contributed by atoms with Gasteiger partial charge in [0.1, 0.15) is 7.14 Å². The number of hydrogen-bond acceptors (Lipinski definition) is 8.